The van der Waals surface area contributed by atoms with Gasteiger partial charge in [0.25, 0.3) is 0 Å². The molecule has 0 saturated carbocycles. The Labute approximate surface area is 281 Å². The van der Waals surface area contributed by atoms with Crippen molar-refractivity contribution >= 4 is 40.7 Å². The minimum Gasteiger partial charge on any atom is -0.480 e. The number of para-hydroxylation sites is 1. The van der Waals surface area contributed by atoms with Crippen LogP contribution >= 0.6 is 0 Å². The fourth-order valence-corrected chi connectivity index (χ4v) is 5.29. The Bertz CT molecular complexity index is 1590. The van der Waals surface area contributed by atoms with Crippen LogP contribution in [0, 0.1) is 11.8 Å². The average Bonchev–Trinajstić information content (AvgIpc) is 3.36. The third kappa shape index (κ3) is 10.7. The summed E-state index contributed by atoms with van der Waals surface area (Å²) in [5.41, 5.74) is 7.37. The molecular formula is C36H49N5O7. The molecule has 12 nitrogen and oxygen atoms in total. The first-order valence-electron chi connectivity index (χ1n) is 16.2. The van der Waals surface area contributed by atoms with Gasteiger partial charge in [0.15, 0.2) is 0 Å². The molecule has 3 rings (SSSR count). The quantitative estimate of drug-likeness (QED) is 0.173. The highest BCUT2D eigenvalue weighted by Crippen LogP contribution is 2.24. The van der Waals surface area contributed by atoms with Gasteiger partial charge in [0.1, 0.15) is 23.7 Å². The first-order valence-corrected chi connectivity index (χ1v) is 16.2. The molecule has 0 saturated heterocycles. The zero-order valence-electron chi connectivity index (χ0n) is 28.8. The van der Waals surface area contributed by atoms with Crippen molar-refractivity contribution in [3.63, 3.8) is 0 Å². The van der Waals surface area contributed by atoms with Crippen LogP contribution < -0.4 is 21.7 Å². The number of rotatable bonds is 14. The van der Waals surface area contributed by atoms with E-state index in [0.717, 1.165) is 5.56 Å². The fourth-order valence-electron chi connectivity index (χ4n) is 5.29. The molecule has 0 aliphatic carbocycles. The summed E-state index contributed by atoms with van der Waals surface area (Å²) < 4.78 is 6.93. The van der Waals surface area contributed by atoms with Crippen LogP contribution in [0.2, 0.25) is 0 Å². The van der Waals surface area contributed by atoms with Crippen LogP contribution in [0.25, 0.3) is 10.9 Å². The number of carboxylic acids is 1. The summed E-state index contributed by atoms with van der Waals surface area (Å²) >= 11 is 0. The first-order chi connectivity index (χ1) is 22.5. The highest BCUT2D eigenvalue weighted by molar-refractivity contribution is 5.96. The van der Waals surface area contributed by atoms with Gasteiger partial charge < -0.3 is 31.5 Å². The van der Waals surface area contributed by atoms with E-state index in [0.29, 0.717) is 16.5 Å². The summed E-state index contributed by atoms with van der Waals surface area (Å²) in [7, 11) is 0. The number of ether oxygens (including phenoxy) is 1. The first kappa shape index (κ1) is 37.7. The Balaban J connectivity index is 1.93. The lowest BCUT2D eigenvalue weighted by molar-refractivity contribution is -0.142. The maximum Gasteiger partial charge on any atom is 0.419 e. The smallest absolute Gasteiger partial charge is 0.419 e. The van der Waals surface area contributed by atoms with Crippen molar-refractivity contribution in [2.45, 2.75) is 97.5 Å². The number of nitrogens with one attached hydrogen (secondary N) is 3. The van der Waals surface area contributed by atoms with Gasteiger partial charge in [-0.1, -0.05) is 76.2 Å². The van der Waals surface area contributed by atoms with Crippen molar-refractivity contribution in [3.05, 3.63) is 71.9 Å². The van der Waals surface area contributed by atoms with E-state index in [1.54, 1.807) is 65.1 Å². The van der Waals surface area contributed by atoms with Gasteiger partial charge in [-0.05, 0) is 62.6 Å². The number of carbonyl (C=O) groups excluding carboxylic acids is 4. The molecule has 260 valence electrons. The third-order valence-electron chi connectivity index (χ3n) is 7.65. The molecule has 48 heavy (non-hydrogen) atoms. The van der Waals surface area contributed by atoms with Gasteiger partial charge in [-0.25, -0.2) is 9.59 Å². The molecule has 3 aromatic rings. The molecule has 0 aliphatic heterocycles. The zero-order valence-corrected chi connectivity index (χ0v) is 28.8. The Hall–Kier alpha value is -4.71. The largest absolute Gasteiger partial charge is 0.480 e. The number of amides is 3. The molecule has 1 heterocycles. The molecule has 0 spiro atoms. The molecule has 0 radical (unpaired) electrons. The number of fused-ring (bicyclic) bond motifs is 1. The standard InChI is InChI=1S/C36H49N5O7/c1-21(2)17-28(34(45)46)39-32(43)27(19-24-20-41(35(47)48-36(5,6)7)29-16-12-11-15-25(24)29)38-33(44)30(22(3)4)40-31(42)26(37)18-23-13-9-8-10-14-23/h8-16,20-22,26-28,30H,17-19,37H2,1-7H3,(H,38,44)(H,39,43)(H,40,42)(H,45,46)/t26-,27-,28-,30-/m0/s1. The zero-order chi connectivity index (χ0) is 35.8. The van der Waals surface area contributed by atoms with Crippen LogP contribution in [-0.4, -0.2) is 69.2 Å². The van der Waals surface area contributed by atoms with Crippen molar-refractivity contribution in [2.75, 3.05) is 0 Å². The highest BCUT2D eigenvalue weighted by atomic mass is 16.6. The summed E-state index contributed by atoms with van der Waals surface area (Å²) in [6.45, 7) is 12.4. The third-order valence-corrected chi connectivity index (χ3v) is 7.65. The fraction of sp³-hybridized carbons (Fsp3) is 0.472. The number of nitrogens with two attached hydrogens (primary N) is 1. The summed E-state index contributed by atoms with van der Waals surface area (Å²) in [5, 5.41) is 18.5. The average molecular weight is 664 g/mol. The highest BCUT2D eigenvalue weighted by Gasteiger charge is 2.33. The minimum absolute atomic E-state index is 0.0353. The van der Waals surface area contributed by atoms with Crippen LogP contribution in [0.3, 0.4) is 0 Å². The Kier molecular flexibility index (Phi) is 12.9. The second kappa shape index (κ2) is 16.4. The normalized spacial score (nSPS) is 14.2. The molecule has 4 atom stereocenters. The van der Waals surface area contributed by atoms with Crippen LogP contribution in [-0.2, 0) is 36.8 Å². The predicted molar refractivity (Wildman–Crippen MR) is 183 cm³/mol. The second-order valence-corrected chi connectivity index (χ2v) is 13.8. The van der Waals surface area contributed by atoms with Gasteiger partial charge in [0, 0.05) is 18.0 Å². The van der Waals surface area contributed by atoms with Crippen LogP contribution in [0.1, 0.15) is 66.0 Å². The van der Waals surface area contributed by atoms with E-state index in [1.807, 2.05) is 44.2 Å². The number of nitrogens with zero attached hydrogens (tertiary/aromatic N) is 1. The number of aromatic nitrogens is 1. The molecule has 0 fully saturated rings. The molecule has 0 aliphatic rings. The lowest BCUT2D eigenvalue weighted by Gasteiger charge is -2.27. The number of carbonyl (C=O) groups is 5. The minimum atomic E-state index is -1.26. The van der Waals surface area contributed by atoms with Crippen molar-refractivity contribution in [1.82, 2.24) is 20.5 Å². The molecule has 2 aromatic carbocycles. The van der Waals surface area contributed by atoms with Crippen molar-refractivity contribution in [1.29, 1.82) is 0 Å². The van der Waals surface area contributed by atoms with Crippen molar-refractivity contribution in [2.24, 2.45) is 17.6 Å². The lowest BCUT2D eigenvalue weighted by atomic mass is 9.99. The number of benzene rings is 2. The van der Waals surface area contributed by atoms with Crippen LogP contribution in [0.15, 0.2) is 60.8 Å². The van der Waals surface area contributed by atoms with E-state index < -0.39 is 59.6 Å². The van der Waals surface area contributed by atoms with E-state index in [2.05, 4.69) is 16.0 Å². The lowest BCUT2D eigenvalue weighted by Crippen LogP contribution is -2.59. The van der Waals surface area contributed by atoms with Crippen LogP contribution in [0.4, 0.5) is 4.79 Å². The summed E-state index contributed by atoms with van der Waals surface area (Å²) in [6.07, 6.45) is 1.28. The SMILES string of the molecule is CC(C)C[C@H](NC(=O)[C@H](Cc1cn(C(=O)OC(C)(C)C)c2ccccc12)NC(=O)[C@@H](NC(=O)[C@@H](N)Cc1ccccc1)C(C)C)C(=O)O. The number of hydrogen-bond acceptors (Lipinski definition) is 7. The molecule has 0 unspecified atom stereocenters. The molecule has 0 bridgehead atoms. The monoisotopic (exact) mass is 663 g/mol. The van der Waals surface area contributed by atoms with Gasteiger partial charge in [-0.2, -0.15) is 0 Å². The van der Waals surface area contributed by atoms with Gasteiger partial charge in [0.2, 0.25) is 17.7 Å². The van der Waals surface area contributed by atoms with Gasteiger partial charge in [-0.15, -0.1) is 0 Å². The van der Waals surface area contributed by atoms with Gasteiger partial charge in [-0.3, -0.25) is 19.0 Å². The Morgan fingerprint density at radius 2 is 1.42 bits per heavy atom. The van der Waals surface area contributed by atoms with E-state index in [4.69, 9.17) is 10.5 Å². The molecule has 1 aromatic heterocycles. The van der Waals surface area contributed by atoms with Crippen molar-refractivity contribution in [3.8, 4) is 0 Å². The Morgan fingerprint density at radius 3 is 2.00 bits per heavy atom. The molecule has 12 heteroatoms. The molecular weight excluding hydrogens is 614 g/mol. The maximum atomic E-state index is 13.8. The van der Waals surface area contributed by atoms with Crippen LogP contribution in [0.5, 0.6) is 0 Å². The maximum absolute atomic E-state index is 13.8. The summed E-state index contributed by atoms with van der Waals surface area (Å²) in [5.74, 6) is -3.52. The number of aliphatic carboxylic acids is 1. The molecule has 3 amide bonds. The summed E-state index contributed by atoms with van der Waals surface area (Å²) in [4.78, 5) is 65.8. The van der Waals surface area contributed by atoms with Crippen molar-refractivity contribution < 1.29 is 33.8 Å². The topological polar surface area (TPSA) is 182 Å². The Morgan fingerprint density at radius 1 is 0.812 bits per heavy atom. The van der Waals surface area contributed by atoms with E-state index in [9.17, 15) is 29.1 Å². The summed E-state index contributed by atoms with van der Waals surface area (Å²) in [6, 6.07) is 11.9. The second-order valence-electron chi connectivity index (χ2n) is 13.8. The number of hydrogen-bond donors (Lipinski definition) is 5. The predicted octanol–water partition coefficient (Wildman–Crippen LogP) is 3.78. The van der Waals surface area contributed by atoms with E-state index >= 15 is 0 Å². The number of carboxylic acid groups (broad SMARTS) is 1. The van der Waals surface area contributed by atoms with Gasteiger partial charge >= 0.3 is 12.1 Å². The molecule has 6 N–H and O–H groups in total. The van der Waals surface area contributed by atoms with E-state index in [1.165, 1.54) is 4.57 Å². The van der Waals surface area contributed by atoms with E-state index in [-0.39, 0.29) is 31.1 Å². The van der Waals surface area contributed by atoms with Gasteiger partial charge in [0.05, 0.1) is 11.6 Å².